The molecule has 92 valence electrons. The standard InChI is InChI=1S/C12H28O2Si/c1-6-10-13-15(14-11-7-2)12(5,8-3)9-4/h15H,6-11H2,1-5H3. The van der Waals surface area contributed by atoms with Gasteiger partial charge in [0.1, 0.15) is 0 Å². The third-order valence-corrected chi connectivity index (χ3v) is 6.16. The summed E-state index contributed by atoms with van der Waals surface area (Å²) in [5.74, 6) is 0. The van der Waals surface area contributed by atoms with Crippen LogP contribution in [0.1, 0.15) is 60.3 Å². The van der Waals surface area contributed by atoms with Crippen LogP contribution in [0.25, 0.3) is 0 Å². The maximum atomic E-state index is 5.96. The molecule has 0 aromatic rings. The Morgan fingerprint density at radius 2 is 1.27 bits per heavy atom. The van der Waals surface area contributed by atoms with Gasteiger partial charge in [-0.1, -0.05) is 34.6 Å². The van der Waals surface area contributed by atoms with Crippen molar-refractivity contribution in [1.29, 1.82) is 0 Å². The molecule has 0 radical (unpaired) electrons. The van der Waals surface area contributed by atoms with Crippen molar-refractivity contribution in [2.45, 2.75) is 65.3 Å². The molecule has 0 aliphatic heterocycles. The van der Waals surface area contributed by atoms with Gasteiger partial charge in [-0.15, -0.1) is 0 Å². The Morgan fingerprint density at radius 1 is 0.867 bits per heavy atom. The van der Waals surface area contributed by atoms with E-state index in [1.54, 1.807) is 0 Å². The van der Waals surface area contributed by atoms with Crippen molar-refractivity contribution in [2.75, 3.05) is 13.2 Å². The van der Waals surface area contributed by atoms with Gasteiger partial charge in [-0.05, 0) is 25.7 Å². The lowest BCUT2D eigenvalue weighted by molar-refractivity contribution is 0.169. The van der Waals surface area contributed by atoms with Gasteiger partial charge in [0.15, 0.2) is 0 Å². The summed E-state index contributed by atoms with van der Waals surface area (Å²) in [6.45, 7) is 12.8. The van der Waals surface area contributed by atoms with Gasteiger partial charge in [0.25, 0.3) is 0 Å². The molecular weight excluding hydrogens is 204 g/mol. The largest absolute Gasteiger partial charge is 0.396 e. The molecular formula is C12H28O2Si. The van der Waals surface area contributed by atoms with E-state index in [9.17, 15) is 0 Å². The summed E-state index contributed by atoms with van der Waals surface area (Å²) in [4.78, 5) is 0. The fourth-order valence-corrected chi connectivity index (χ4v) is 3.95. The van der Waals surface area contributed by atoms with Gasteiger partial charge in [-0.25, -0.2) is 0 Å². The summed E-state index contributed by atoms with van der Waals surface area (Å²) in [7, 11) is -1.50. The second-order valence-corrected chi connectivity index (χ2v) is 7.16. The molecule has 0 aromatic carbocycles. The Labute approximate surface area is 97.2 Å². The SMILES string of the molecule is CCCO[SiH](OCCC)C(C)(CC)CC. The van der Waals surface area contributed by atoms with Crippen LogP contribution in [0.2, 0.25) is 5.04 Å². The van der Waals surface area contributed by atoms with Crippen molar-refractivity contribution >= 4 is 9.28 Å². The topological polar surface area (TPSA) is 18.5 Å². The van der Waals surface area contributed by atoms with Crippen LogP contribution in [0.5, 0.6) is 0 Å². The van der Waals surface area contributed by atoms with E-state index in [1.807, 2.05) is 0 Å². The monoisotopic (exact) mass is 232 g/mol. The van der Waals surface area contributed by atoms with Crippen molar-refractivity contribution in [3.05, 3.63) is 0 Å². The first-order chi connectivity index (χ1) is 7.14. The molecule has 0 saturated heterocycles. The van der Waals surface area contributed by atoms with Crippen LogP contribution in [0.4, 0.5) is 0 Å². The minimum atomic E-state index is -1.50. The van der Waals surface area contributed by atoms with Crippen LogP contribution >= 0.6 is 0 Å². The van der Waals surface area contributed by atoms with E-state index >= 15 is 0 Å². The van der Waals surface area contributed by atoms with E-state index in [4.69, 9.17) is 8.85 Å². The Bertz CT molecular complexity index is 139. The molecule has 0 fully saturated rings. The number of rotatable bonds is 9. The second-order valence-electron chi connectivity index (χ2n) is 4.43. The first kappa shape index (κ1) is 15.1. The molecule has 0 aromatic heterocycles. The highest BCUT2D eigenvalue weighted by atomic mass is 28.3. The zero-order valence-corrected chi connectivity index (χ0v) is 12.3. The molecule has 2 nitrogen and oxygen atoms in total. The van der Waals surface area contributed by atoms with Crippen molar-refractivity contribution in [3.63, 3.8) is 0 Å². The zero-order chi connectivity index (χ0) is 11.7. The molecule has 0 amide bonds. The molecule has 0 saturated carbocycles. The maximum Gasteiger partial charge on any atom is 0.327 e. The van der Waals surface area contributed by atoms with Gasteiger partial charge in [0.2, 0.25) is 0 Å². The minimum Gasteiger partial charge on any atom is -0.396 e. The summed E-state index contributed by atoms with van der Waals surface area (Å²) in [6.07, 6.45) is 4.49. The summed E-state index contributed by atoms with van der Waals surface area (Å²) in [5.41, 5.74) is 0. The number of hydrogen-bond donors (Lipinski definition) is 0. The Hall–Kier alpha value is 0.137. The van der Waals surface area contributed by atoms with Gasteiger partial charge >= 0.3 is 9.28 Å². The first-order valence-electron chi connectivity index (χ1n) is 6.37. The molecule has 0 heterocycles. The quantitative estimate of drug-likeness (QED) is 0.565. The molecule has 15 heavy (non-hydrogen) atoms. The average Bonchev–Trinajstić information content (AvgIpc) is 2.28. The van der Waals surface area contributed by atoms with Crippen molar-refractivity contribution < 1.29 is 8.85 Å². The third kappa shape index (κ3) is 5.14. The summed E-state index contributed by atoms with van der Waals surface area (Å²) >= 11 is 0. The molecule has 0 rings (SSSR count). The van der Waals surface area contributed by atoms with Crippen molar-refractivity contribution in [1.82, 2.24) is 0 Å². The van der Waals surface area contributed by atoms with Gasteiger partial charge < -0.3 is 8.85 Å². The van der Waals surface area contributed by atoms with Gasteiger partial charge in [0.05, 0.1) is 0 Å². The van der Waals surface area contributed by atoms with Crippen LogP contribution in [-0.2, 0) is 8.85 Å². The van der Waals surface area contributed by atoms with E-state index < -0.39 is 9.28 Å². The van der Waals surface area contributed by atoms with Crippen LogP contribution in [0.3, 0.4) is 0 Å². The van der Waals surface area contributed by atoms with Crippen molar-refractivity contribution in [2.24, 2.45) is 0 Å². The highest BCUT2D eigenvalue weighted by Crippen LogP contribution is 2.38. The van der Waals surface area contributed by atoms with E-state index in [0.29, 0.717) is 5.04 Å². The summed E-state index contributed by atoms with van der Waals surface area (Å²) in [6, 6.07) is 0. The van der Waals surface area contributed by atoms with Crippen molar-refractivity contribution in [3.8, 4) is 0 Å². The lowest BCUT2D eigenvalue weighted by atomic mass is 10.1. The smallest absolute Gasteiger partial charge is 0.327 e. The van der Waals surface area contributed by atoms with E-state index in [0.717, 1.165) is 38.9 Å². The summed E-state index contributed by atoms with van der Waals surface area (Å²) in [5, 5.41) is 0.296. The summed E-state index contributed by atoms with van der Waals surface area (Å²) < 4.78 is 11.9. The zero-order valence-electron chi connectivity index (χ0n) is 11.1. The molecule has 0 spiro atoms. The van der Waals surface area contributed by atoms with Crippen LogP contribution in [0.15, 0.2) is 0 Å². The Morgan fingerprint density at radius 3 is 1.53 bits per heavy atom. The minimum absolute atomic E-state index is 0.296. The molecule has 0 bridgehead atoms. The first-order valence-corrected chi connectivity index (χ1v) is 7.89. The van der Waals surface area contributed by atoms with Crippen LogP contribution in [-0.4, -0.2) is 22.5 Å². The molecule has 0 N–H and O–H groups in total. The lowest BCUT2D eigenvalue weighted by Crippen LogP contribution is -2.36. The van der Waals surface area contributed by atoms with Gasteiger partial charge in [-0.3, -0.25) is 0 Å². The average molecular weight is 232 g/mol. The van der Waals surface area contributed by atoms with Gasteiger partial charge in [-0.2, -0.15) is 0 Å². The fraction of sp³-hybridized carbons (Fsp3) is 1.00. The maximum absolute atomic E-state index is 5.96. The van der Waals surface area contributed by atoms with Crippen LogP contribution < -0.4 is 0 Å². The second kappa shape index (κ2) is 8.31. The predicted octanol–water partition coefficient (Wildman–Crippen LogP) is 3.64. The molecule has 0 aliphatic rings. The Kier molecular flexibility index (Phi) is 8.38. The van der Waals surface area contributed by atoms with E-state index in [2.05, 4.69) is 34.6 Å². The lowest BCUT2D eigenvalue weighted by Gasteiger charge is -2.33. The third-order valence-electron chi connectivity index (χ3n) is 3.13. The predicted molar refractivity (Wildman–Crippen MR) is 68.6 cm³/mol. The normalized spacial score (nSPS) is 12.4. The molecule has 0 atom stereocenters. The molecule has 0 unspecified atom stereocenters. The molecule has 3 heteroatoms. The van der Waals surface area contributed by atoms with E-state index in [1.165, 1.54) is 0 Å². The number of hydrogen-bond acceptors (Lipinski definition) is 2. The van der Waals surface area contributed by atoms with E-state index in [-0.39, 0.29) is 0 Å². The van der Waals surface area contributed by atoms with Crippen LogP contribution in [0, 0.1) is 0 Å². The Balaban J connectivity index is 4.29. The fourth-order valence-electron chi connectivity index (χ4n) is 1.48. The molecule has 0 aliphatic carbocycles. The van der Waals surface area contributed by atoms with Gasteiger partial charge in [0, 0.05) is 18.3 Å². The highest BCUT2D eigenvalue weighted by Gasteiger charge is 2.35. The highest BCUT2D eigenvalue weighted by molar-refractivity contribution is 6.48.